The highest BCUT2D eigenvalue weighted by Crippen LogP contribution is 2.26. The number of benzene rings is 1. The van der Waals surface area contributed by atoms with Gasteiger partial charge in [0.25, 0.3) is 0 Å². The number of nitrogens with zero attached hydrogens (tertiary/aromatic N) is 1. The number of ether oxygens (including phenoxy) is 1. The molecule has 0 aliphatic carbocycles. The fraction of sp³-hybridized carbons (Fsp3) is 0.364. The van der Waals surface area contributed by atoms with Crippen LogP contribution in [-0.2, 0) is 0 Å². The van der Waals surface area contributed by atoms with Crippen LogP contribution in [0.5, 0.6) is 5.75 Å². The average molecular weight is 369 g/mol. The molecule has 3 rings (SSSR count). The van der Waals surface area contributed by atoms with Gasteiger partial charge in [-0.05, 0) is 36.2 Å². The van der Waals surface area contributed by atoms with E-state index in [1.807, 2.05) is 0 Å². The summed E-state index contributed by atoms with van der Waals surface area (Å²) >= 11 is 0. The molecule has 0 amide bonds. The van der Waals surface area contributed by atoms with Gasteiger partial charge in [-0.3, -0.25) is 4.98 Å². The number of hydrogen-bond donors (Lipinski definition) is 0. The lowest BCUT2D eigenvalue weighted by molar-refractivity contribution is 0.290. The van der Waals surface area contributed by atoms with Crippen molar-refractivity contribution in [3.05, 3.63) is 59.0 Å². The van der Waals surface area contributed by atoms with Crippen LogP contribution >= 0.6 is 0 Å². The Morgan fingerprint density at radius 1 is 1.07 bits per heavy atom. The Morgan fingerprint density at radius 2 is 1.89 bits per heavy atom. The van der Waals surface area contributed by atoms with Gasteiger partial charge < -0.3 is 9.15 Å². The third kappa shape index (κ3) is 4.94. The summed E-state index contributed by atoms with van der Waals surface area (Å²) in [4.78, 5) is 16.2. The summed E-state index contributed by atoms with van der Waals surface area (Å²) in [5.41, 5.74) is 0.711. The predicted molar refractivity (Wildman–Crippen MR) is 105 cm³/mol. The first-order chi connectivity index (χ1) is 13.2. The number of aromatic nitrogens is 1. The predicted octanol–water partition coefficient (Wildman–Crippen LogP) is 5.73. The standard InChI is InChI=1S/C22H24FNO3/c1-2-3-4-5-6-7-12-26-21-9-8-16(14-19(21)23)18-13-17-15-24-11-10-20(17)27-22(18)25/h8-11,13-15H,2-7,12H2,1H3. The van der Waals surface area contributed by atoms with E-state index in [2.05, 4.69) is 11.9 Å². The normalized spacial score (nSPS) is 11.0. The molecule has 0 saturated carbocycles. The summed E-state index contributed by atoms with van der Waals surface area (Å²) in [6.45, 7) is 2.68. The lowest BCUT2D eigenvalue weighted by atomic mass is 10.1. The zero-order valence-electron chi connectivity index (χ0n) is 15.5. The number of hydrogen-bond acceptors (Lipinski definition) is 4. The minimum Gasteiger partial charge on any atom is -0.491 e. The molecule has 142 valence electrons. The maximum Gasteiger partial charge on any atom is 0.344 e. The fourth-order valence-electron chi connectivity index (χ4n) is 3.02. The van der Waals surface area contributed by atoms with E-state index in [1.54, 1.807) is 36.7 Å². The fourth-order valence-corrected chi connectivity index (χ4v) is 3.02. The second-order valence-electron chi connectivity index (χ2n) is 6.62. The van der Waals surface area contributed by atoms with Crippen molar-refractivity contribution in [3.63, 3.8) is 0 Å². The van der Waals surface area contributed by atoms with Gasteiger partial charge in [-0.1, -0.05) is 45.1 Å². The zero-order chi connectivity index (χ0) is 19.1. The van der Waals surface area contributed by atoms with Gasteiger partial charge in [0, 0.05) is 17.8 Å². The van der Waals surface area contributed by atoms with Gasteiger partial charge >= 0.3 is 5.63 Å². The van der Waals surface area contributed by atoms with Crippen LogP contribution in [0.1, 0.15) is 45.4 Å². The van der Waals surface area contributed by atoms with Crippen molar-refractivity contribution in [2.45, 2.75) is 45.4 Å². The Kier molecular flexibility index (Phi) is 6.58. The van der Waals surface area contributed by atoms with Crippen LogP contribution in [0.15, 0.2) is 51.9 Å². The maximum atomic E-state index is 14.4. The molecule has 27 heavy (non-hydrogen) atoms. The first kappa shape index (κ1) is 19.1. The van der Waals surface area contributed by atoms with Crippen LogP contribution in [0.3, 0.4) is 0 Å². The van der Waals surface area contributed by atoms with E-state index in [0.717, 1.165) is 12.8 Å². The van der Waals surface area contributed by atoms with Gasteiger partial charge in [0.2, 0.25) is 0 Å². The van der Waals surface area contributed by atoms with Crippen molar-refractivity contribution < 1.29 is 13.5 Å². The van der Waals surface area contributed by atoms with Crippen molar-refractivity contribution in [3.8, 4) is 16.9 Å². The molecule has 1 aromatic carbocycles. The van der Waals surface area contributed by atoms with Crippen molar-refractivity contribution in [2.75, 3.05) is 6.61 Å². The van der Waals surface area contributed by atoms with Gasteiger partial charge in [0.15, 0.2) is 11.6 Å². The largest absolute Gasteiger partial charge is 0.491 e. The Labute approximate surface area is 158 Å². The van der Waals surface area contributed by atoms with Crippen molar-refractivity contribution >= 4 is 11.0 Å². The van der Waals surface area contributed by atoms with Gasteiger partial charge in [-0.15, -0.1) is 0 Å². The lowest BCUT2D eigenvalue weighted by Crippen LogP contribution is -2.04. The summed E-state index contributed by atoms with van der Waals surface area (Å²) < 4.78 is 25.2. The molecule has 0 aliphatic heterocycles. The molecule has 2 aromatic heterocycles. The Morgan fingerprint density at radius 3 is 2.70 bits per heavy atom. The second kappa shape index (κ2) is 9.31. The van der Waals surface area contributed by atoms with E-state index in [9.17, 15) is 9.18 Å². The van der Waals surface area contributed by atoms with Gasteiger partial charge in [-0.2, -0.15) is 0 Å². The molecular weight excluding hydrogens is 345 g/mol. The van der Waals surface area contributed by atoms with Crippen LogP contribution in [0.25, 0.3) is 22.1 Å². The number of halogens is 1. The van der Waals surface area contributed by atoms with E-state index in [4.69, 9.17) is 9.15 Å². The minimum atomic E-state index is -0.506. The van der Waals surface area contributed by atoms with Crippen LogP contribution in [0.2, 0.25) is 0 Å². The summed E-state index contributed by atoms with van der Waals surface area (Å²) in [5.74, 6) is -0.275. The lowest BCUT2D eigenvalue weighted by Gasteiger charge is -2.09. The van der Waals surface area contributed by atoms with Crippen molar-refractivity contribution in [1.82, 2.24) is 4.98 Å². The number of rotatable bonds is 9. The van der Waals surface area contributed by atoms with Gasteiger partial charge in [0.1, 0.15) is 5.58 Å². The molecule has 4 nitrogen and oxygen atoms in total. The van der Waals surface area contributed by atoms with E-state index in [0.29, 0.717) is 28.7 Å². The Bertz CT molecular complexity index is 952. The van der Waals surface area contributed by atoms with Gasteiger partial charge in [0.05, 0.1) is 12.2 Å². The molecule has 0 atom stereocenters. The maximum absolute atomic E-state index is 14.4. The third-order valence-electron chi connectivity index (χ3n) is 4.53. The summed E-state index contributed by atoms with van der Waals surface area (Å²) in [6.07, 6.45) is 10.1. The van der Waals surface area contributed by atoms with E-state index >= 15 is 0 Å². The van der Waals surface area contributed by atoms with Crippen LogP contribution in [-0.4, -0.2) is 11.6 Å². The summed E-state index contributed by atoms with van der Waals surface area (Å²) in [5, 5.41) is 0.691. The summed E-state index contributed by atoms with van der Waals surface area (Å²) in [6, 6.07) is 7.84. The highest BCUT2D eigenvalue weighted by Gasteiger charge is 2.11. The number of unbranched alkanes of at least 4 members (excludes halogenated alkanes) is 5. The second-order valence-corrected chi connectivity index (χ2v) is 6.62. The number of pyridine rings is 1. The van der Waals surface area contributed by atoms with E-state index in [-0.39, 0.29) is 5.75 Å². The molecule has 0 fully saturated rings. The van der Waals surface area contributed by atoms with Crippen molar-refractivity contribution in [1.29, 1.82) is 0 Å². The molecule has 0 bridgehead atoms. The zero-order valence-corrected chi connectivity index (χ0v) is 15.5. The molecule has 0 radical (unpaired) electrons. The summed E-state index contributed by atoms with van der Waals surface area (Å²) in [7, 11) is 0. The first-order valence-electron chi connectivity index (χ1n) is 9.49. The van der Waals surface area contributed by atoms with E-state index < -0.39 is 11.4 Å². The van der Waals surface area contributed by atoms with Crippen LogP contribution < -0.4 is 10.4 Å². The SMILES string of the molecule is CCCCCCCCOc1ccc(-c2cc3cnccc3oc2=O)cc1F. The molecular formula is C22H24FNO3. The quantitative estimate of drug-likeness (QED) is 0.452. The Hall–Kier alpha value is -2.69. The molecule has 0 spiro atoms. The average Bonchev–Trinajstić information content (AvgIpc) is 2.68. The molecule has 0 aliphatic rings. The minimum absolute atomic E-state index is 0.208. The molecule has 0 saturated heterocycles. The highest BCUT2D eigenvalue weighted by atomic mass is 19.1. The van der Waals surface area contributed by atoms with Gasteiger partial charge in [-0.25, -0.2) is 9.18 Å². The van der Waals surface area contributed by atoms with Crippen molar-refractivity contribution in [2.24, 2.45) is 0 Å². The van der Waals surface area contributed by atoms with Crippen LogP contribution in [0.4, 0.5) is 4.39 Å². The molecule has 2 heterocycles. The smallest absolute Gasteiger partial charge is 0.344 e. The molecule has 0 N–H and O–H groups in total. The van der Waals surface area contributed by atoms with Crippen LogP contribution in [0, 0.1) is 5.82 Å². The number of fused-ring (bicyclic) bond motifs is 1. The first-order valence-corrected chi connectivity index (χ1v) is 9.49. The molecule has 3 aromatic rings. The molecule has 0 unspecified atom stereocenters. The Balaban J connectivity index is 1.66. The molecule has 5 heteroatoms. The monoisotopic (exact) mass is 369 g/mol. The van der Waals surface area contributed by atoms with E-state index in [1.165, 1.54) is 31.7 Å². The highest BCUT2D eigenvalue weighted by molar-refractivity contribution is 5.80. The third-order valence-corrected chi connectivity index (χ3v) is 4.53. The topological polar surface area (TPSA) is 52.3 Å².